The van der Waals surface area contributed by atoms with Crippen molar-refractivity contribution < 1.29 is 32.6 Å². The minimum atomic E-state index is -4.40. The molecule has 0 saturated heterocycles. The third kappa shape index (κ3) is 7.53. The molecule has 0 saturated carbocycles. The molecule has 0 bridgehead atoms. The number of nitrogens with zero attached hydrogens (tertiary/aromatic N) is 2. The quantitative estimate of drug-likeness (QED) is 0.351. The summed E-state index contributed by atoms with van der Waals surface area (Å²) in [5, 5.41) is 11.2. The Kier molecular flexibility index (Phi) is 8.99. The average Bonchev–Trinajstić information content (AvgIpc) is 2.86. The van der Waals surface area contributed by atoms with Gasteiger partial charge in [-0.15, -0.1) is 0 Å². The first kappa shape index (κ1) is 26.7. The van der Waals surface area contributed by atoms with Gasteiger partial charge in [0, 0.05) is 30.1 Å². The van der Waals surface area contributed by atoms with Gasteiger partial charge in [-0.3, -0.25) is 9.59 Å². The van der Waals surface area contributed by atoms with Crippen LogP contribution in [0.2, 0.25) is 0 Å². The number of benzene rings is 2. The molecule has 2 aromatic carbocycles. The lowest BCUT2D eigenvalue weighted by atomic mass is 10.0. The Morgan fingerprint density at radius 2 is 1.64 bits per heavy atom. The number of hydrogen-bond acceptors (Lipinski definition) is 5. The van der Waals surface area contributed by atoms with Gasteiger partial charge in [0.15, 0.2) is 0 Å². The number of nitrogens with one attached hydrogen (secondary N) is 1. The number of carboxylic acids is 1. The maximum Gasteiger partial charge on any atom is 0.416 e. The highest BCUT2D eigenvalue weighted by molar-refractivity contribution is 5.94. The normalized spacial score (nSPS) is 12.1. The van der Waals surface area contributed by atoms with Crippen LogP contribution in [-0.4, -0.2) is 33.5 Å². The van der Waals surface area contributed by atoms with Crippen molar-refractivity contribution in [3.63, 3.8) is 0 Å². The van der Waals surface area contributed by atoms with Crippen molar-refractivity contribution in [1.29, 1.82) is 0 Å². The van der Waals surface area contributed by atoms with Crippen molar-refractivity contribution in [3.8, 4) is 17.1 Å². The third-order valence-corrected chi connectivity index (χ3v) is 5.41. The predicted molar refractivity (Wildman–Crippen MR) is 126 cm³/mol. The number of aliphatic carboxylic acids is 1. The van der Waals surface area contributed by atoms with Crippen LogP contribution in [0.15, 0.2) is 60.9 Å². The lowest BCUT2D eigenvalue weighted by Gasteiger charge is -2.18. The van der Waals surface area contributed by atoms with Crippen LogP contribution in [0.5, 0.6) is 6.01 Å². The lowest BCUT2D eigenvalue weighted by molar-refractivity contribution is -0.138. The van der Waals surface area contributed by atoms with Gasteiger partial charge in [-0.2, -0.15) is 13.2 Å². The van der Waals surface area contributed by atoms with Crippen molar-refractivity contribution in [1.82, 2.24) is 15.3 Å². The molecule has 1 atom stereocenters. The topological polar surface area (TPSA) is 101 Å². The Morgan fingerprint density at radius 3 is 2.19 bits per heavy atom. The molecule has 1 aromatic heterocycles. The van der Waals surface area contributed by atoms with Gasteiger partial charge in [0.25, 0.3) is 5.91 Å². The molecule has 1 heterocycles. The standard InChI is InChI=1S/C26H26F3N3O4/c1-2-3-4-22(18-5-7-19(8-6-18)24(35)30-14-13-23(33)34)36-25-31-15-20(16-32-25)17-9-11-21(12-10-17)26(27,28)29/h5-12,15-16,22H,2-4,13-14H2,1H3,(H,30,35)(H,33,34). The number of amides is 1. The van der Waals surface area contributed by atoms with E-state index in [1.807, 2.05) is 0 Å². The Hall–Kier alpha value is -3.95. The summed E-state index contributed by atoms with van der Waals surface area (Å²) >= 11 is 0. The fourth-order valence-corrected chi connectivity index (χ4v) is 3.42. The zero-order valence-electron chi connectivity index (χ0n) is 19.6. The minimum absolute atomic E-state index is 0.0396. The Morgan fingerprint density at radius 1 is 1.00 bits per heavy atom. The zero-order valence-corrected chi connectivity index (χ0v) is 19.6. The second kappa shape index (κ2) is 12.1. The Balaban J connectivity index is 1.69. The van der Waals surface area contributed by atoms with Gasteiger partial charge in [0.05, 0.1) is 12.0 Å². The summed E-state index contributed by atoms with van der Waals surface area (Å²) in [6.45, 7) is 2.09. The number of hydrogen-bond donors (Lipinski definition) is 2. The van der Waals surface area contributed by atoms with E-state index < -0.39 is 17.7 Å². The van der Waals surface area contributed by atoms with E-state index in [4.69, 9.17) is 9.84 Å². The van der Waals surface area contributed by atoms with Crippen LogP contribution < -0.4 is 10.1 Å². The number of aromatic nitrogens is 2. The molecule has 3 aromatic rings. The van der Waals surface area contributed by atoms with Gasteiger partial charge >= 0.3 is 18.2 Å². The largest absolute Gasteiger partial charge is 0.481 e. The van der Waals surface area contributed by atoms with Gasteiger partial charge in [-0.05, 0) is 48.2 Å². The number of ether oxygens (including phenoxy) is 1. The first-order valence-electron chi connectivity index (χ1n) is 11.4. The first-order valence-corrected chi connectivity index (χ1v) is 11.4. The van der Waals surface area contributed by atoms with Gasteiger partial charge < -0.3 is 15.2 Å². The first-order chi connectivity index (χ1) is 17.2. The smallest absolute Gasteiger partial charge is 0.416 e. The van der Waals surface area contributed by atoms with Crippen molar-refractivity contribution in [2.24, 2.45) is 0 Å². The van der Waals surface area contributed by atoms with E-state index in [1.54, 1.807) is 24.3 Å². The molecule has 0 fully saturated rings. The van der Waals surface area contributed by atoms with E-state index in [0.717, 1.165) is 30.5 Å². The van der Waals surface area contributed by atoms with Crippen LogP contribution in [0.3, 0.4) is 0 Å². The van der Waals surface area contributed by atoms with Crippen LogP contribution in [-0.2, 0) is 11.0 Å². The highest BCUT2D eigenvalue weighted by Gasteiger charge is 2.30. The molecule has 0 spiro atoms. The molecule has 2 N–H and O–H groups in total. The number of carbonyl (C=O) groups excluding carboxylic acids is 1. The number of carbonyl (C=O) groups is 2. The fourth-order valence-electron chi connectivity index (χ4n) is 3.42. The molecule has 10 heteroatoms. The van der Waals surface area contributed by atoms with Crippen LogP contribution in [0.1, 0.15) is 60.2 Å². The number of halogens is 3. The van der Waals surface area contributed by atoms with Crippen molar-refractivity contribution in [3.05, 3.63) is 77.6 Å². The second-order valence-electron chi connectivity index (χ2n) is 8.10. The Labute approximate surface area is 206 Å². The number of alkyl halides is 3. The molecular formula is C26H26F3N3O4. The molecule has 0 aliphatic heterocycles. The second-order valence-corrected chi connectivity index (χ2v) is 8.10. The molecule has 0 aliphatic rings. The van der Waals surface area contributed by atoms with Crippen molar-refractivity contribution in [2.45, 2.75) is 44.9 Å². The molecule has 3 rings (SSSR count). The maximum atomic E-state index is 12.8. The predicted octanol–water partition coefficient (Wildman–Crippen LogP) is 5.68. The molecule has 0 aliphatic carbocycles. The zero-order chi connectivity index (χ0) is 26.1. The minimum Gasteiger partial charge on any atom is -0.481 e. The molecular weight excluding hydrogens is 475 g/mol. The summed E-state index contributed by atoms with van der Waals surface area (Å²) in [5.74, 6) is -1.35. The average molecular weight is 502 g/mol. The van der Waals surface area contributed by atoms with E-state index in [1.165, 1.54) is 24.5 Å². The molecule has 7 nitrogen and oxygen atoms in total. The van der Waals surface area contributed by atoms with Gasteiger partial charge in [-0.1, -0.05) is 37.6 Å². The van der Waals surface area contributed by atoms with Gasteiger partial charge in [0.2, 0.25) is 0 Å². The highest BCUT2D eigenvalue weighted by atomic mass is 19.4. The maximum absolute atomic E-state index is 12.8. The highest BCUT2D eigenvalue weighted by Crippen LogP contribution is 2.31. The summed E-state index contributed by atoms with van der Waals surface area (Å²) in [4.78, 5) is 31.2. The number of carboxylic acid groups (broad SMARTS) is 1. The number of rotatable bonds is 11. The molecule has 0 radical (unpaired) electrons. The van der Waals surface area contributed by atoms with E-state index in [2.05, 4.69) is 22.2 Å². The fraction of sp³-hybridized carbons (Fsp3) is 0.308. The lowest BCUT2D eigenvalue weighted by Crippen LogP contribution is -2.26. The molecule has 36 heavy (non-hydrogen) atoms. The van der Waals surface area contributed by atoms with Crippen LogP contribution in [0.4, 0.5) is 13.2 Å². The van der Waals surface area contributed by atoms with Gasteiger partial charge in [-0.25, -0.2) is 9.97 Å². The van der Waals surface area contributed by atoms with Crippen LogP contribution in [0.25, 0.3) is 11.1 Å². The van der Waals surface area contributed by atoms with Crippen molar-refractivity contribution >= 4 is 11.9 Å². The van der Waals surface area contributed by atoms with E-state index >= 15 is 0 Å². The SMILES string of the molecule is CCCCC(Oc1ncc(-c2ccc(C(F)(F)F)cc2)cn1)c1ccc(C(=O)NCCC(=O)O)cc1. The molecule has 1 unspecified atom stereocenters. The summed E-state index contributed by atoms with van der Waals surface area (Å²) in [5.41, 5.74) is 1.60. The van der Waals surface area contributed by atoms with Crippen LogP contribution >= 0.6 is 0 Å². The third-order valence-electron chi connectivity index (χ3n) is 5.41. The van der Waals surface area contributed by atoms with Crippen molar-refractivity contribution in [2.75, 3.05) is 6.54 Å². The van der Waals surface area contributed by atoms with Gasteiger partial charge in [0.1, 0.15) is 6.10 Å². The number of unbranched alkanes of at least 4 members (excludes halogenated alkanes) is 1. The van der Waals surface area contributed by atoms with E-state index in [9.17, 15) is 22.8 Å². The van der Waals surface area contributed by atoms with Crippen LogP contribution in [0, 0.1) is 0 Å². The Bertz CT molecular complexity index is 1150. The summed E-state index contributed by atoms with van der Waals surface area (Å²) < 4.78 is 44.4. The molecule has 190 valence electrons. The monoisotopic (exact) mass is 501 g/mol. The summed E-state index contributed by atoms with van der Waals surface area (Å²) in [7, 11) is 0. The van der Waals surface area contributed by atoms with E-state index in [0.29, 0.717) is 23.1 Å². The summed E-state index contributed by atoms with van der Waals surface area (Å²) in [6, 6.07) is 11.7. The summed E-state index contributed by atoms with van der Waals surface area (Å²) in [6.07, 6.45) is 0.565. The molecule has 1 amide bonds. The van der Waals surface area contributed by atoms with E-state index in [-0.39, 0.29) is 31.0 Å².